The van der Waals surface area contributed by atoms with Gasteiger partial charge in [0.2, 0.25) is 5.91 Å². The highest BCUT2D eigenvalue weighted by Gasteiger charge is 2.42. The molecular weight excluding hydrogens is 465 g/mol. The molecule has 0 spiro atoms. The van der Waals surface area contributed by atoms with Crippen molar-refractivity contribution < 1.29 is 14.4 Å². The average Bonchev–Trinajstić information content (AvgIpc) is 2.60. The van der Waals surface area contributed by atoms with Crippen LogP contribution in [-0.4, -0.2) is 27.9 Å². The Morgan fingerprint density at radius 1 is 1.39 bits per heavy atom. The Morgan fingerprint density at radius 3 is 2.75 bits per heavy atom. The van der Waals surface area contributed by atoms with Crippen molar-refractivity contribution >= 4 is 41.1 Å². The lowest BCUT2D eigenvalue weighted by molar-refractivity contribution is -0.132. The van der Waals surface area contributed by atoms with Crippen molar-refractivity contribution in [1.82, 2.24) is 5.32 Å². The lowest BCUT2D eigenvalue weighted by Gasteiger charge is -2.47. The number of hydrogen-bond acceptors (Lipinski definition) is 3. The molecule has 0 aliphatic heterocycles. The van der Waals surface area contributed by atoms with Gasteiger partial charge in [0.15, 0.2) is 0 Å². The van der Waals surface area contributed by atoms with E-state index in [1.807, 2.05) is 13.8 Å². The highest BCUT2D eigenvalue weighted by Crippen LogP contribution is 2.53. The van der Waals surface area contributed by atoms with E-state index in [9.17, 15) is 14.4 Å². The van der Waals surface area contributed by atoms with E-state index in [-0.39, 0.29) is 17.7 Å². The van der Waals surface area contributed by atoms with Crippen LogP contribution in [0.2, 0.25) is 0 Å². The maximum atomic E-state index is 12.6. The minimum absolute atomic E-state index is 0.0364. The van der Waals surface area contributed by atoms with Gasteiger partial charge < -0.3 is 14.9 Å². The second-order valence-corrected chi connectivity index (χ2v) is 12.6. The van der Waals surface area contributed by atoms with Crippen LogP contribution in [0.1, 0.15) is 85.5 Å². The molecule has 0 heterocycles. The third kappa shape index (κ3) is 5.90. The summed E-state index contributed by atoms with van der Waals surface area (Å²) in [5.74, 6) is 0.582. The lowest BCUT2D eigenvalue weighted by atomic mass is 9.60. The summed E-state index contributed by atoms with van der Waals surface area (Å²) in [5.41, 5.74) is 1.38. The standard InChI is InChI=1S/C23H36INO3/c1-21(2,20(28)25-18(16-27)9-14-26)10-6-12-22(3)11-5-7-17-15-23(4,24)13-8-19(17)22/h8,14,16-18H,5-7,9-13,15H2,1-4H3,(H,25,28)/t17?,18-,22-,23-/m0/s1. The molecule has 4 nitrogen and oxygen atoms in total. The first-order chi connectivity index (χ1) is 13.0. The fourth-order valence-corrected chi connectivity index (χ4v) is 5.75. The summed E-state index contributed by atoms with van der Waals surface area (Å²) in [6.45, 7) is 8.64. The normalized spacial score (nSPS) is 31.3. The average molecular weight is 501 g/mol. The van der Waals surface area contributed by atoms with Crippen LogP contribution in [0.15, 0.2) is 11.6 Å². The molecule has 2 aliphatic rings. The van der Waals surface area contributed by atoms with E-state index < -0.39 is 11.5 Å². The predicted octanol–water partition coefficient (Wildman–Crippen LogP) is 5.18. The third-order valence-electron chi connectivity index (χ3n) is 6.81. The molecule has 4 atom stereocenters. The van der Waals surface area contributed by atoms with Gasteiger partial charge in [0.1, 0.15) is 12.6 Å². The number of rotatable bonds is 9. The Balaban J connectivity index is 1.95. The van der Waals surface area contributed by atoms with Gasteiger partial charge in [-0.05, 0) is 49.9 Å². The zero-order valence-electron chi connectivity index (χ0n) is 17.9. The predicted molar refractivity (Wildman–Crippen MR) is 121 cm³/mol. The van der Waals surface area contributed by atoms with Gasteiger partial charge in [0.05, 0.1) is 6.04 Å². The SMILES string of the molecule is CC(C)(CCC[C@]1(C)CCCC2C[C@@](C)(I)CC=C21)C(=O)N[C@H](C=O)CC=O. The maximum absolute atomic E-state index is 12.6. The highest BCUT2D eigenvalue weighted by molar-refractivity contribution is 14.1. The summed E-state index contributed by atoms with van der Waals surface area (Å²) >= 11 is 2.62. The summed E-state index contributed by atoms with van der Waals surface area (Å²) < 4.78 is 0.390. The van der Waals surface area contributed by atoms with Crippen molar-refractivity contribution in [2.45, 2.75) is 94.9 Å². The monoisotopic (exact) mass is 501 g/mol. The van der Waals surface area contributed by atoms with E-state index >= 15 is 0 Å². The zero-order valence-corrected chi connectivity index (χ0v) is 20.0. The van der Waals surface area contributed by atoms with Gasteiger partial charge in [0.25, 0.3) is 0 Å². The minimum Gasteiger partial charge on any atom is -0.346 e. The molecular formula is C23H36INO3. The molecule has 0 saturated heterocycles. The van der Waals surface area contributed by atoms with Crippen LogP contribution in [0.3, 0.4) is 0 Å². The number of carbonyl (C=O) groups excluding carboxylic acids is 3. The fraction of sp³-hybridized carbons (Fsp3) is 0.783. The molecule has 0 aromatic rings. The van der Waals surface area contributed by atoms with Crippen LogP contribution in [0.25, 0.3) is 0 Å². The number of aldehydes is 2. The first kappa shape index (κ1) is 23.6. The Morgan fingerprint density at radius 2 is 2.11 bits per heavy atom. The molecule has 0 aromatic carbocycles. The summed E-state index contributed by atoms with van der Waals surface area (Å²) in [7, 11) is 0. The van der Waals surface area contributed by atoms with Gasteiger partial charge in [-0.3, -0.25) is 4.79 Å². The number of hydrogen-bond donors (Lipinski definition) is 1. The molecule has 1 amide bonds. The van der Waals surface area contributed by atoms with Crippen LogP contribution >= 0.6 is 22.6 Å². The Bertz CT molecular complexity index is 625. The molecule has 0 bridgehead atoms. The Kier molecular flexibility index (Phi) is 7.90. The first-order valence-corrected chi connectivity index (χ1v) is 11.7. The van der Waals surface area contributed by atoms with Gasteiger partial charge in [-0.15, -0.1) is 0 Å². The van der Waals surface area contributed by atoms with E-state index in [2.05, 4.69) is 47.8 Å². The molecule has 28 heavy (non-hydrogen) atoms. The molecule has 2 aliphatic carbocycles. The maximum Gasteiger partial charge on any atom is 0.226 e. The Hall–Kier alpha value is -0.720. The zero-order chi connectivity index (χ0) is 21.0. The number of amides is 1. The number of fused-ring (bicyclic) bond motifs is 1. The quantitative estimate of drug-likeness (QED) is 0.205. The van der Waals surface area contributed by atoms with E-state index in [0.29, 0.717) is 16.0 Å². The number of allylic oxidation sites excluding steroid dienone is 2. The molecule has 5 heteroatoms. The second-order valence-electron chi connectivity index (χ2n) is 9.99. The fourth-order valence-electron chi connectivity index (χ4n) is 5.00. The number of halogens is 1. The number of nitrogens with one attached hydrogen (secondary N) is 1. The van der Waals surface area contributed by atoms with Crippen molar-refractivity contribution in [2.24, 2.45) is 16.7 Å². The second kappa shape index (κ2) is 9.40. The summed E-state index contributed by atoms with van der Waals surface area (Å²) in [6, 6.07) is -0.712. The molecule has 158 valence electrons. The number of carbonyl (C=O) groups is 3. The van der Waals surface area contributed by atoms with Crippen molar-refractivity contribution in [3.05, 3.63) is 11.6 Å². The third-order valence-corrected chi connectivity index (χ3v) is 7.69. The van der Waals surface area contributed by atoms with Crippen LogP contribution in [-0.2, 0) is 14.4 Å². The molecule has 1 N–H and O–H groups in total. The van der Waals surface area contributed by atoms with Crippen molar-refractivity contribution in [3.8, 4) is 0 Å². The molecule has 1 unspecified atom stereocenters. The largest absolute Gasteiger partial charge is 0.346 e. The van der Waals surface area contributed by atoms with Crippen LogP contribution < -0.4 is 5.32 Å². The highest BCUT2D eigenvalue weighted by atomic mass is 127. The van der Waals surface area contributed by atoms with E-state index in [1.165, 1.54) is 25.7 Å². The van der Waals surface area contributed by atoms with E-state index in [0.717, 1.165) is 31.6 Å². The van der Waals surface area contributed by atoms with Crippen LogP contribution in [0.5, 0.6) is 0 Å². The summed E-state index contributed by atoms with van der Waals surface area (Å²) in [4.78, 5) is 34.2. The van der Waals surface area contributed by atoms with E-state index in [1.54, 1.807) is 5.57 Å². The molecule has 1 fully saturated rings. The van der Waals surface area contributed by atoms with Crippen LogP contribution in [0, 0.1) is 16.7 Å². The summed E-state index contributed by atoms with van der Waals surface area (Å²) in [5, 5.41) is 2.71. The molecule has 2 rings (SSSR count). The van der Waals surface area contributed by atoms with Crippen molar-refractivity contribution in [3.63, 3.8) is 0 Å². The van der Waals surface area contributed by atoms with E-state index in [4.69, 9.17) is 0 Å². The number of alkyl halides is 1. The molecule has 0 radical (unpaired) electrons. The van der Waals surface area contributed by atoms with Gasteiger partial charge in [-0.1, -0.05) is 74.8 Å². The first-order valence-electron chi connectivity index (χ1n) is 10.6. The Labute approximate surface area is 183 Å². The molecule has 0 aromatic heterocycles. The van der Waals surface area contributed by atoms with Gasteiger partial charge >= 0.3 is 0 Å². The molecule has 1 saturated carbocycles. The smallest absolute Gasteiger partial charge is 0.226 e. The lowest BCUT2D eigenvalue weighted by Crippen LogP contribution is -2.44. The van der Waals surface area contributed by atoms with Crippen molar-refractivity contribution in [2.75, 3.05) is 0 Å². The van der Waals surface area contributed by atoms with Gasteiger partial charge in [-0.2, -0.15) is 0 Å². The van der Waals surface area contributed by atoms with Gasteiger partial charge in [-0.25, -0.2) is 0 Å². The van der Waals surface area contributed by atoms with Gasteiger partial charge in [0, 0.05) is 15.3 Å². The van der Waals surface area contributed by atoms with Crippen LogP contribution in [0.4, 0.5) is 0 Å². The topological polar surface area (TPSA) is 63.2 Å². The van der Waals surface area contributed by atoms with Crippen molar-refractivity contribution in [1.29, 1.82) is 0 Å². The summed E-state index contributed by atoms with van der Waals surface area (Å²) in [6.07, 6.45) is 13.0. The minimum atomic E-state index is -0.712.